The molecule has 0 aliphatic carbocycles. The number of para-hydroxylation sites is 1. The van der Waals surface area contributed by atoms with Gasteiger partial charge >= 0.3 is 0 Å². The Kier molecular flexibility index (Phi) is 3.45. The zero-order valence-electron chi connectivity index (χ0n) is 13.2. The van der Waals surface area contributed by atoms with Crippen LogP contribution in [0.25, 0.3) is 0 Å². The zero-order valence-corrected chi connectivity index (χ0v) is 13.2. The number of fused-ring (bicyclic) bond motifs is 2. The fraction of sp³-hybridized carbons (Fsp3) is 0.316. The maximum Gasteiger partial charge on any atom is 0.265 e. The summed E-state index contributed by atoms with van der Waals surface area (Å²) in [5.41, 5.74) is 4.51. The molecule has 0 saturated heterocycles. The highest BCUT2D eigenvalue weighted by atomic mass is 16.5. The summed E-state index contributed by atoms with van der Waals surface area (Å²) in [7, 11) is 2.11. The van der Waals surface area contributed by atoms with Crippen LogP contribution in [0.2, 0.25) is 0 Å². The topological polar surface area (TPSA) is 41.6 Å². The van der Waals surface area contributed by atoms with Gasteiger partial charge in [-0.05, 0) is 48.2 Å². The molecule has 2 aromatic rings. The monoisotopic (exact) mass is 308 g/mol. The molecule has 0 bridgehead atoms. The van der Waals surface area contributed by atoms with E-state index >= 15 is 0 Å². The Morgan fingerprint density at radius 1 is 1.22 bits per heavy atom. The molecule has 4 nitrogen and oxygen atoms in total. The lowest BCUT2D eigenvalue weighted by atomic mass is 10.0. The standard InChI is InChI=1S/C19H20N2O2/c1-21-10-4-6-13-11-15(8-9-16(13)21)20-19(22)18-12-14-5-2-3-7-17(14)23-18/h2-3,5,7-9,11,18H,4,6,10,12H2,1H3,(H,20,22). The fourth-order valence-electron chi connectivity index (χ4n) is 3.41. The second-order valence-corrected chi connectivity index (χ2v) is 6.28. The average molecular weight is 308 g/mol. The summed E-state index contributed by atoms with van der Waals surface area (Å²) in [4.78, 5) is 14.7. The minimum absolute atomic E-state index is 0.0784. The van der Waals surface area contributed by atoms with Crippen LogP contribution in [0, 0.1) is 0 Å². The van der Waals surface area contributed by atoms with Crippen molar-refractivity contribution in [2.75, 3.05) is 23.8 Å². The minimum Gasteiger partial charge on any atom is -0.480 e. The molecule has 2 aromatic carbocycles. The van der Waals surface area contributed by atoms with E-state index in [2.05, 4.69) is 29.4 Å². The Morgan fingerprint density at radius 2 is 2.09 bits per heavy atom. The van der Waals surface area contributed by atoms with Crippen LogP contribution in [0.4, 0.5) is 11.4 Å². The van der Waals surface area contributed by atoms with Gasteiger partial charge in [-0.15, -0.1) is 0 Å². The summed E-state index contributed by atoms with van der Waals surface area (Å²) in [6.45, 7) is 1.09. The van der Waals surface area contributed by atoms with Crippen LogP contribution in [0.1, 0.15) is 17.5 Å². The number of nitrogens with zero attached hydrogens (tertiary/aromatic N) is 1. The van der Waals surface area contributed by atoms with Crippen molar-refractivity contribution in [3.05, 3.63) is 53.6 Å². The summed E-state index contributed by atoms with van der Waals surface area (Å²) in [5.74, 6) is 0.741. The normalized spacial score (nSPS) is 18.8. The first-order valence-corrected chi connectivity index (χ1v) is 8.10. The Labute approximate surface area is 136 Å². The van der Waals surface area contributed by atoms with Gasteiger partial charge < -0.3 is 15.0 Å². The van der Waals surface area contributed by atoms with Crippen LogP contribution >= 0.6 is 0 Å². The molecule has 0 radical (unpaired) electrons. The second kappa shape index (κ2) is 5.61. The van der Waals surface area contributed by atoms with Gasteiger partial charge in [-0.3, -0.25) is 4.79 Å². The number of rotatable bonds is 2. The highest BCUT2D eigenvalue weighted by Crippen LogP contribution is 2.30. The van der Waals surface area contributed by atoms with Crippen LogP contribution in [-0.4, -0.2) is 25.6 Å². The number of carbonyl (C=O) groups excluding carboxylic acids is 1. The van der Waals surface area contributed by atoms with Crippen LogP contribution in [0.15, 0.2) is 42.5 Å². The summed E-state index contributed by atoms with van der Waals surface area (Å²) in [6.07, 6.45) is 2.41. The lowest BCUT2D eigenvalue weighted by Gasteiger charge is -2.27. The van der Waals surface area contributed by atoms with Gasteiger partial charge in [0, 0.05) is 31.4 Å². The van der Waals surface area contributed by atoms with Crippen LogP contribution in [0.5, 0.6) is 5.75 Å². The number of aryl methyl sites for hydroxylation is 1. The van der Waals surface area contributed by atoms with Gasteiger partial charge in [0.2, 0.25) is 0 Å². The van der Waals surface area contributed by atoms with Crippen LogP contribution in [0.3, 0.4) is 0 Å². The van der Waals surface area contributed by atoms with Gasteiger partial charge in [0.25, 0.3) is 5.91 Å². The molecule has 0 spiro atoms. The number of benzene rings is 2. The molecule has 2 heterocycles. The van der Waals surface area contributed by atoms with E-state index in [4.69, 9.17) is 4.74 Å². The molecule has 0 fully saturated rings. The molecule has 1 N–H and O–H groups in total. The van der Waals surface area contributed by atoms with Crippen LogP contribution < -0.4 is 15.0 Å². The third-order valence-corrected chi connectivity index (χ3v) is 4.64. The summed E-state index contributed by atoms with van der Waals surface area (Å²) >= 11 is 0. The maximum atomic E-state index is 12.5. The molecule has 0 aromatic heterocycles. The molecule has 4 rings (SSSR count). The van der Waals surface area contributed by atoms with Crippen molar-refractivity contribution >= 4 is 17.3 Å². The number of anilines is 2. The SMILES string of the molecule is CN1CCCc2cc(NC(=O)C3Cc4ccccc4O3)ccc21. The molecule has 1 amide bonds. The van der Waals surface area contributed by atoms with Gasteiger partial charge in [-0.2, -0.15) is 0 Å². The Balaban J connectivity index is 1.48. The number of hydrogen-bond donors (Lipinski definition) is 1. The molecular formula is C19H20N2O2. The van der Waals surface area contributed by atoms with Crippen molar-refractivity contribution in [3.8, 4) is 5.75 Å². The lowest BCUT2D eigenvalue weighted by Crippen LogP contribution is -2.31. The molecule has 0 saturated carbocycles. The van der Waals surface area contributed by atoms with E-state index in [9.17, 15) is 4.79 Å². The molecule has 1 atom stereocenters. The number of nitrogens with one attached hydrogen (secondary N) is 1. The van der Waals surface area contributed by atoms with Gasteiger partial charge in [-0.1, -0.05) is 18.2 Å². The predicted octanol–water partition coefficient (Wildman–Crippen LogP) is 3.01. The number of amides is 1. The molecule has 23 heavy (non-hydrogen) atoms. The quantitative estimate of drug-likeness (QED) is 0.927. The van der Waals surface area contributed by atoms with E-state index in [1.807, 2.05) is 30.3 Å². The Morgan fingerprint density at radius 3 is 2.96 bits per heavy atom. The predicted molar refractivity (Wildman–Crippen MR) is 91.2 cm³/mol. The van der Waals surface area contributed by atoms with E-state index in [0.29, 0.717) is 6.42 Å². The first-order chi connectivity index (χ1) is 11.2. The Bertz CT molecular complexity index is 732. The fourth-order valence-corrected chi connectivity index (χ4v) is 3.41. The largest absolute Gasteiger partial charge is 0.480 e. The lowest BCUT2D eigenvalue weighted by molar-refractivity contribution is -0.122. The van der Waals surface area contributed by atoms with E-state index in [1.165, 1.54) is 11.3 Å². The van der Waals surface area contributed by atoms with E-state index < -0.39 is 6.10 Å². The second-order valence-electron chi connectivity index (χ2n) is 6.28. The molecule has 4 heteroatoms. The zero-order chi connectivity index (χ0) is 15.8. The molecule has 2 aliphatic rings. The van der Waals surface area contributed by atoms with Crippen molar-refractivity contribution in [1.82, 2.24) is 0 Å². The van der Waals surface area contributed by atoms with Gasteiger partial charge in [0.15, 0.2) is 6.10 Å². The first-order valence-electron chi connectivity index (χ1n) is 8.10. The number of ether oxygens (including phenoxy) is 1. The highest BCUT2D eigenvalue weighted by Gasteiger charge is 2.29. The summed E-state index contributed by atoms with van der Waals surface area (Å²) in [6, 6.07) is 14.0. The van der Waals surface area contributed by atoms with E-state index in [-0.39, 0.29) is 5.91 Å². The summed E-state index contributed by atoms with van der Waals surface area (Å²) < 4.78 is 5.75. The van der Waals surface area contributed by atoms with Gasteiger partial charge in [-0.25, -0.2) is 0 Å². The first kappa shape index (κ1) is 14.1. The van der Waals surface area contributed by atoms with E-state index in [1.54, 1.807) is 0 Å². The van der Waals surface area contributed by atoms with Crippen molar-refractivity contribution in [2.24, 2.45) is 0 Å². The van der Waals surface area contributed by atoms with Crippen LogP contribution in [-0.2, 0) is 17.6 Å². The molecule has 1 unspecified atom stereocenters. The van der Waals surface area contributed by atoms with Crippen molar-refractivity contribution in [3.63, 3.8) is 0 Å². The van der Waals surface area contributed by atoms with Crippen molar-refractivity contribution < 1.29 is 9.53 Å². The third kappa shape index (κ3) is 2.65. The summed E-state index contributed by atoms with van der Waals surface area (Å²) in [5, 5.41) is 3.00. The van der Waals surface area contributed by atoms with Gasteiger partial charge in [0.1, 0.15) is 5.75 Å². The molecule has 2 aliphatic heterocycles. The molecule has 118 valence electrons. The van der Waals surface area contributed by atoms with Crippen molar-refractivity contribution in [2.45, 2.75) is 25.4 Å². The minimum atomic E-state index is -0.439. The Hall–Kier alpha value is -2.49. The number of carbonyl (C=O) groups is 1. The highest BCUT2D eigenvalue weighted by molar-refractivity contribution is 5.95. The number of hydrogen-bond acceptors (Lipinski definition) is 3. The average Bonchev–Trinajstić information content (AvgIpc) is 2.99. The molecular weight excluding hydrogens is 288 g/mol. The maximum absolute atomic E-state index is 12.5. The van der Waals surface area contributed by atoms with Gasteiger partial charge in [0.05, 0.1) is 0 Å². The third-order valence-electron chi connectivity index (χ3n) is 4.64. The smallest absolute Gasteiger partial charge is 0.265 e. The van der Waals surface area contributed by atoms with Crippen molar-refractivity contribution in [1.29, 1.82) is 0 Å². The van der Waals surface area contributed by atoms with E-state index in [0.717, 1.165) is 36.4 Å².